The van der Waals surface area contributed by atoms with Crippen LogP contribution in [0.25, 0.3) is 0 Å². The Balaban J connectivity index is 1.98. The zero-order valence-corrected chi connectivity index (χ0v) is 15.0. The number of hydrogen-bond donors (Lipinski definition) is 1. The van der Waals surface area contributed by atoms with Crippen molar-refractivity contribution in [2.24, 2.45) is 0 Å². The van der Waals surface area contributed by atoms with Crippen molar-refractivity contribution >= 4 is 11.9 Å². The first-order chi connectivity index (χ1) is 12.5. The Morgan fingerprint density at radius 3 is 2.31 bits per heavy atom. The maximum Gasteiger partial charge on any atom is 0.336 e. The van der Waals surface area contributed by atoms with Crippen LogP contribution in [-0.4, -0.2) is 42.6 Å². The number of hydrogen-bond acceptors (Lipinski definition) is 4. The Kier molecular flexibility index (Phi) is 4.84. The van der Waals surface area contributed by atoms with Gasteiger partial charge in [0.2, 0.25) is 0 Å². The lowest BCUT2D eigenvalue weighted by atomic mass is 9.92. The Labute approximate surface area is 152 Å². The topological polar surface area (TPSA) is 76.1 Å². The first kappa shape index (κ1) is 17.8. The second kappa shape index (κ2) is 7.07. The molecule has 2 aromatic carbocycles. The highest BCUT2D eigenvalue weighted by Crippen LogP contribution is 2.38. The second-order valence-corrected chi connectivity index (χ2v) is 6.18. The predicted molar refractivity (Wildman–Crippen MR) is 96.1 cm³/mol. The van der Waals surface area contributed by atoms with Crippen LogP contribution in [0.4, 0.5) is 0 Å². The normalized spacial score (nSPS) is 16.0. The van der Waals surface area contributed by atoms with E-state index in [0.717, 1.165) is 11.1 Å². The molecule has 6 nitrogen and oxygen atoms in total. The van der Waals surface area contributed by atoms with Crippen molar-refractivity contribution in [1.82, 2.24) is 4.90 Å². The number of ether oxygens (including phenoxy) is 2. The van der Waals surface area contributed by atoms with Crippen molar-refractivity contribution in [1.29, 1.82) is 0 Å². The van der Waals surface area contributed by atoms with E-state index in [-0.39, 0.29) is 23.1 Å². The van der Waals surface area contributed by atoms with E-state index in [4.69, 9.17) is 9.47 Å². The average molecular weight is 355 g/mol. The molecule has 0 aliphatic carbocycles. The molecule has 26 heavy (non-hydrogen) atoms. The summed E-state index contributed by atoms with van der Waals surface area (Å²) >= 11 is 0. The van der Waals surface area contributed by atoms with Crippen LogP contribution in [0.15, 0.2) is 36.4 Å². The van der Waals surface area contributed by atoms with Gasteiger partial charge in [-0.15, -0.1) is 0 Å². The quantitative estimate of drug-likeness (QED) is 0.912. The van der Waals surface area contributed by atoms with Crippen molar-refractivity contribution in [2.75, 3.05) is 20.8 Å². The van der Waals surface area contributed by atoms with Crippen LogP contribution in [0.1, 0.15) is 44.8 Å². The maximum atomic E-state index is 13.0. The number of rotatable bonds is 4. The number of carbonyl (C=O) groups is 2. The molecule has 1 N–H and O–H groups in total. The van der Waals surface area contributed by atoms with Gasteiger partial charge in [0, 0.05) is 6.54 Å². The first-order valence-electron chi connectivity index (χ1n) is 8.36. The van der Waals surface area contributed by atoms with Crippen molar-refractivity contribution in [3.8, 4) is 11.5 Å². The van der Waals surface area contributed by atoms with Crippen LogP contribution in [-0.2, 0) is 6.42 Å². The largest absolute Gasteiger partial charge is 0.493 e. The predicted octanol–water partition coefficient (Wildman–Crippen LogP) is 3.16. The molecule has 0 fully saturated rings. The van der Waals surface area contributed by atoms with Crippen LogP contribution in [0.5, 0.6) is 11.5 Å². The number of nitrogens with zero attached hydrogens (tertiary/aromatic N) is 1. The smallest absolute Gasteiger partial charge is 0.336 e. The molecule has 2 aromatic rings. The van der Waals surface area contributed by atoms with E-state index < -0.39 is 5.97 Å². The van der Waals surface area contributed by atoms with Gasteiger partial charge in [-0.25, -0.2) is 4.79 Å². The number of methoxy groups -OCH3 is 2. The lowest BCUT2D eigenvalue weighted by molar-refractivity contribution is 0.0643. The van der Waals surface area contributed by atoms with Gasteiger partial charge < -0.3 is 19.5 Å². The molecule has 0 spiro atoms. The highest BCUT2D eigenvalue weighted by Gasteiger charge is 2.31. The zero-order chi connectivity index (χ0) is 18.8. The molecule has 1 heterocycles. The van der Waals surface area contributed by atoms with Crippen LogP contribution in [0.2, 0.25) is 0 Å². The molecule has 0 saturated carbocycles. The fourth-order valence-electron chi connectivity index (χ4n) is 3.43. The lowest BCUT2D eigenvalue weighted by Gasteiger charge is -2.36. The number of fused-ring (bicyclic) bond motifs is 1. The monoisotopic (exact) mass is 355 g/mol. The standard InChI is InChI=1S/C20H21NO5/c1-12-16-11-18(26-3)17(25-2)10-13(16)8-9-21(12)19(22)14-6-4-5-7-15(14)20(23)24/h4-7,10-12H,8-9H2,1-3H3,(H,23,24). The first-order valence-corrected chi connectivity index (χ1v) is 8.36. The number of aromatic carboxylic acids is 1. The number of carboxylic acid groups (broad SMARTS) is 1. The summed E-state index contributed by atoms with van der Waals surface area (Å²) in [5.41, 5.74) is 2.30. The highest BCUT2D eigenvalue weighted by atomic mass is 16.5. The third kappa shape index (κ3) is 2.98. The van der Waals surface area contributed by atoms with E-state index in [2.05, 4.69) is 0 Å². The van der Waals surface area contributed by atoms with E-state index in [1.807, 2.05) is 19.1 Å². The molecule has 1 aliphatic rings. The van der Waals surface area contributed by atoms with Gasteiger partial charge in [-0.2, -0.15) is 0 Å². The molecule has 1 unspecified atom stereocenters. The molecule has 1 aliphatic heterocycles. The molecule has 0 bridgehead atoms. The van der Waals surface area contributed by atoms with Gasteiger partial charge >= 0.3 is 5.97 Å². The fraction of sp³-hybridized carbons (Fsp3) is 0.300. The maximum absolute atomic E-state index is 13.0. The van der Waals surface area contributed by atoms with E-state index in [1.54, 1.807) is 37.3 Å². The van der Waals surface area contributed by atoms with Crippen LogP contribution >= 0.6 is 0 Å². The minimum absolute atomic E-state index is 0.0165. The second-order valence-electron chi connectivity index (χ2n) is 6.18. The Hall–Kier alpha value is -3.02. The number of amides is 1. The number of carboxylic acids is 1. The lowest BCUT2D eigenvalue weighted by Crippen LogP contribution is -2.39. The minimum atomic E-state index is -1.11. The van der Waals surface area contributed by atoms with E-state index in [1.165, 1.54) is 6.07 Å². The number of benzene rings is 2. The van der Waals surface area contributed by atoms with Gasteiger partial charge in [0.05, 0.1) is 31.4 Å². The van der Waals surface area contributed by atoms with Gasteiger partial charge in [0.15, 0.2) is 11.5 Å². The molecular weight excluding hydrogens is 334 g/mol. The number of carbonyl (C=O) groups excluding carboxylic acids is 1. The summed E-state index contributed by atoms with van der Waals surface area (Å²) in [5, 5.41) is 9.36. The fourth-order valence-corrected chi connectivity index (χ4v) is 3.43. The molecule has 0 saturated heterocycles. The van der Waals surface area contributed by atoms with Gasteiger partial charge in [0.1, 0.15) is 0 Å². The van der Waals surface area contributed by atoms with Gasteiger partial charge in [-0.3, -0.25) is 4.79 Å². The molecule has 6 heteroatoms. The Bertz CT molecular complexity index is 861. The summed E-state index contributed by atoms with van der Waals surface area (Å²) in [4.78, 5) is 26.2. The summed E-state index contributed by atoms with van der Waals surface area (Å²) < 4.78 is 10.7. The van der Waals surface area contributed by atoms with E-state index in [0.29, 0.717) is 24.5 Å². The highest BCUT2D eigenvalue weighted by molar-refractivity contribution is 6.05. The summed E-state index contributed by atoms with van der Waals surface area (Å²) in [6.07, 6.45) is 0.668. The van der Waals surface area contributed by atoms with Gasteiger partial charge in [0.25, 0.3) is 5.91 Å². The molecule has 136 valence electrons. The third-order valence-corrected chi connectivity index (χ3v) is 4.83. The van der Waals surface area contributed by atoms with E-state index in [9.17, 15) is 14.7 Å². The Morgan fingerprint density at radius 1 is 1.08 bits per heavy atom. The minimum Gasteiger partial charge on any atom is -0.493 e. The van der Waals surface area contributed by atoms with E-state index >= 15 is 0 Å². The molecular formula is C20H21NO5. The van der Waals surface area contributed by atoms with Crippen molar-refractivity contribution in [2.45, 2.75) is 19.4 Å². The summed E-state index contributed by atoms with van der Waals surface area (Å²) in [6, 6.07) is 9.93. The van der Waals surface area contributed by atoms with Crippen LogP contribution < -0.4 is 9.47 Å². The third-order valence-electron chi connectivity index (χ3n) is 4.83. The summed E-state index contributed by atoms with van der Waals surface area (Å²) in [6.45, 7) is 2.45. The SMILES string of the molecule is COc1cc2c(cc1OC)C(C)N(C(=O)c1ccccc1C(=O)O)CC2. The molecule has 0 radical (unpaired) electrons. The van der Waals surface area contributed by atoms with Crippen molar-refractivity contribution < 1.29 is 24.2 Å². The van der Waals surface area contributed by atoms with Crippen molar-refractivity contribution in [3.05, 3.63) is 58.7 Å². The molecule has 1 atom stereocenters. The van der Waals surface area contributed by atoms with Crippen LogP contribution in [0.3, 0.4) is 0 Å². The molecule has 1 amide bonds. The summed E-state index contributed by atoms with van der Waals surface area (Å²) in [7, 11) is 3.17. The zero-order valence-electron chi connectivity index (χ0n) is 15.0. The van der Waals surface area contributed by atoms with Gasteiger partial charge in [-0.05, 0) is 48.7 Å². The molecule has 3 rings (SSSR count). The summed E-state index contributed by atoms with van der Waals surface area (Å²) in [5.74, 6) is -0.117. The van der Waals surface area contributed by atoms with Crippen LogP contribution in [0, 0.1) is 0 Å². The Morgan fingerprint density at radius 2 is 1.69 bits per heavy atom. The average Bonchev–Trinajstić information content (AvgIpc) is 2.66. The van der Waals surface area contributed by atoms with Crippen molar-refractivity contribution in [3.63, 3.8) is 0 Å². The molecule has 0 aromatic heterocycles. The van der Waals surface area contributed by atoms with Gasteiger partial charge in [-0.1, -0.05) is 12.1 Å².